The summed E-state index contributed by atoms with van der Waals surface area (Å²) in [5.74, 6) is -0.244. The van der Waals surface area contributed by atoms with Gasteiger partial charge < -0.3 is 21.0 Å². The van der Waals surface area contributed by atoms with Crippen LogP contribution in [0.2, 0.25) is 0 Å². The molecule has 1 amide bonds. The smallest absolute Gasteiger partial charge is 0.255 e. The monoisotopic (exact) mass is 396 g/mol. The van der Waals surface area contributed by atoms with Gasteiger partial charge in [-0.1, -0.05) is 35.5 Å². The van der Waals surface area contributed by atoms with Crippen molar-refractivity contribution in [1.82, 2.24) is 10.3 Å². The van der Waals surface area contributed by atoms with Crippen LogP contribution in [0.5, 0.6) is 5.06 Å². The van der Waals surface area contributed by atoms with Crippen LogP contribution in [0.1, 0.15) is 33.4 Å². The average molecular weight is 396 g/mol. The number of hydrogen-bond donors (Lipinski definition) is 3. The number of nitrogens with zero attached hydrogens (tertiary/aromatic N) is 2. The maximum Gasteiger partial charge on any atom is 0.255 e. The number of nitrogens with one attached hydrogen (secondary N) is 1. The SMILES string of the molecule is C/C(=N/O)c1ccc(C(=O)NCc2ccc(OCc3ccccc3)s2)c(N)n1. The molecule has 0 aliphatic rings. The lowest BCUT2D eigenvalue weighted by Crippen LogP contribution is -2.24. The second-order valence-corrected chi connectivity index (χ2v) is 7.12. The number of ether oxygens (including phenoxy) is 1. The second kappa shape index (κ2) is 9.01. The van der Waals surface area contributed by atoms with Crippen LogP contribution in [0.25, 0.3) is 0 Å². The van der Waals surface area contributed by atoms with Gasteiger partial charge in [0, 0.05) is 4.88 Å². The Hall–Kier alpha value is -3.39. The summed E-state index contributed by atoms with van der Waals surface area (Å²) in [6.45, 7) is 2.45. The third-order valence-electron chi connectivity index (χ3n) is 3.97. The van der Waals surface area contributed by atoms with Gasteiger partial charge >= 0.3 is 0 Å². The highest BCUT2D eigenvalue weighted by atomic mass is 32.1. The number of aromatic nitrogens is 1. The van der Waals surface area contributed by atoms with E-state index in [1.165, 1.54) is 11.3 Å². The van der Waals surface area contributed by atoms with E-state index in [9.17, 15) is 4.79 Å². The van der Waals surface area contributed by atoms with Gasteiger partial charge in [-0.3, -0.25) is 4.79 Å². The lowest BCUT2D eigenvalue weighted by molar-refractivity contribution is 0.0952. The van der Waals surface area contributed by atoms with Crippen LogP contribution in [-0.2, 0) is 13.2 Å². The van der Waals surface area contributed by atoms with Gasteiger partial charge in [0.25, 0.3) is 5.91 Å². The average Bonchev–Trinajstić information content (AvgIpc) is 3.18. The first-order valence-electron chi connectivity index (χ1n) is 8.56. The van der Waals surface area contributed by atoms with E-state index in [1.54, 1.807) is 19.1 Å². The third-order valence-corrected chi connectivity index (χ3v) is 4.97. The number of thiophene rings is 1. The lowest BCUT2D eigenvalue weighted by atomic mass is 10.2. The number of rotatable bonds is 7. The number of carbonyl (C=O) groups is 1. The summed E-state index contributed by atoms with van der Waals surface area (Å²) in [5.41, 5.74) is 7.95. The standard InChI is InChI=1S/C20H20N4O3S/c1-13(24-26)17-9-8-16(19(21)23-17)20(25)22-11-15-7-10-18(28-15)27-12-14-5-3-2-4-6-14/h2-10,26H,11-12H2,1H3,(H2,21,23)(H,22,25)/b24-13-. The fourth-order valence-electron chi connectivity index (χ4n) is 2.44. The van der Waals surface area contributed by atoms with Crippen LogP contribution in [-0.4, -0.2) is 21.8 Å². The highest BCUT2D eigenvalue weighted by Crippen LogP contribution is 2.25. The molecule has 0 bridgehead atoms. The number of anilines is 1. The minimum absolute atomic E-state index is 0.0797. The van der Waals surface area contributed by atoms with Crippen LogP contribution in [0.4, 0.5) is 5.82 Å². The normalized spacial score (nSPS) is 11.2. The number of oxime groups is 1. The Bertz CT molecular complexity index is 986. The molecular formula is C20H20N4O3S. The number of hydrogen-bond acceptors (Lipinski definition) is 7. The molecule has 28 heavy (non-hydrogen) atoms. The van der Waals surface area contributed by atoms with E-state index in [2.05, 4.69) is 15.5 Å². The largest absolute Gasteiger partial charge is 0.479 e. The molecule has 8 heteroatoms. The molecule has 7 nitrogen and oxygen atoms in total. The summed E-state index contributed by atoms with van der Waals surface area (Å²) in [6.07, 6.45) is 0. The van der Waals surface area contributed by atoms with Gasteiger partial charge in [0.2, 0.25) is 0 Å². The molecule has 0 unspecified atom stereocenters. The van der Waals surface area contributed by atoms with Gasteiger partial charge in [0.05, 0.1) is 17.8 Å². The van der Waals surface area contributed by atoms with Gasteiger partial charge in [-0.2, -0.15) is 0 Å². The summed E-state index contributed by atoms with van der Waals surface area (Å²) < 4.78 is 5.77. The van der Waals surface area contributed by atoms with E-state index in [4.69, 9.17) is 15.7 Å². The topological polar surface area (TPSA) is 110 Å². The molecule has 2 aromatic heterocycles. The highest BCUT2D eigenvalue weighted by Gasteiger charge is 2.13. The van der Waals surface area contributed by atoms with Crippen LogP contribution in [0, 0.1) is 0 Å². The van der Waals surface area contributed by atoms with E-state index in [0.29, 0.717) is 24.6 Å². The molecule has 0 radical (unpaired) electrons. The molecule has 3 aromatic rings. The third kappa shape index (κ3) is 4.86. The maximum absolute atomic E-state index is 12.4. The molecule has 2 heterocycles. The molecule has 0 saturated carbocycles. The van der Waals surface area contributed by atoms with E-state index in [-0.39, 0.29) is 17.3 Å². The second-order valence-electron chi connectivity index (χ2n) is 5.99. The maximum atomic E-state index is 12.4. The summed E-state index contributed by atoms with van der Waals surface area (Å²) in [7, 11) is 0. The predicted octanol–water partition coefficient (Wildman–Crippen LogP) is 3.43. The van der Waals surface area contributed by atoms with Gasteiger partial charge in [-0.15, -0.1) is 11.3 Å². The first-order chi connectivity index (χ1) is 13.6. The van der Waals surface area contributed by atoms with Crippen LogP contribution in [0.3, 0.4) is 0 Å². The molecule has 0 aliphatic carbocycles. The van der Waals surface area contributed by atoms with Crippen molar-refractivity contribution in [1.29, 1.82) is 0 Å². The van der Waals surface area contributed by atoms with Crippen LogP contribution in [0.15, 0.2) is 59.8 Å². The first kappa shape index (κ1) is 19.4. The number of benzene rings is 1. The molecule has 0 aliphatic heterocycles. The summed E-state index contributed by atoms with van der Waals surface area (Å²) in [6, 6.07) is 16.9. The van der Waals surface area contributed by atoms with Crippen molar-refractivity contribution >= 4 is 28.8 Å². The number of nitrogen functional groups attached to an aromatic ring is 1. The molecular weight excluding hydrogens is 376 g/mol. The Kier molecular flexibility index (Phi) is 6.23. The first-order valence-corrected chi connectivity index (χ1v) is 9.37. The Labute approximate surface area is 166 Å². The molecule has 0 saturated heterocycles. The number of nitrogens with two attached hydrogens (primary N) is 1. The van der Waals surface area contributed by atoms with E-state index in [0.717, 1.165) is 15.5 Å². The van der Waals surface area contributed by atoms with E-state index in [1.807, 2.05) is 42.5 Å². The van der Waals surface area contributed by atoms with Crippen molar-refractivity contribution in [2.45, 2.75) is 20.1 Å². The summed E-state index contributed by atoms with van der Waals surface area (Å²) in [5, 5.41) is 15.5. The van der Waals surface area contributed by atoms with Crippen LogP contribution >= 0.6 is 11.3 Å². The molecule has 144 valence electrons. The zero-order valence-electron chi connectivity index (χ0n) is 15.3. The highest BCUT2D eigenvalue weighted by molar-refractivity contribution is 7.13. The summed E-state index contributed by atoms with van der Waals surface area (Å²) in [4.78, 5) is 17.4. The quantitative estimate of drug-likeness (QED) is 0.322. The van der Waals surface area contributed by atoms with E-state index >= 15 is 0 Å². The number of pyridine rings is 1. The minimum Gasteiger partial charge on any atom is -0.479 e. The minimum atomic E-state index is -0.324. The molecule has 0 fully saturated rings. The molecule has 3 rings (SSSR count). The van der Waals surface area contributed by atoms with E-state index < -0.39 is 0 Å². The molecule has 0 atom stereocenters. The Morgan fingerprint density at radius 1 is 1.21 bits per heavy atom. The van der Waals surface area contributed by atoms with Crippen molar-refractivity contribution in [2.24, 2.45) is 5.16 Å². The fraction of sp³-hybridized carbons (Fsp3) is 0.150. The Balaban J connectivity index is 1.56. The van der Waals surface area contributed by atoms with Crippen molar-refractivity contribution in [2.75, 3.05) is 5.73 Å². The lowest BCUT2D eigenvalue weighted by Gasteiger charge is -2.07. The summed E-state index contributed by atoms with van der Waals surface area (Å²) >= 11 is 1.48. The molecule has 0 spiro atoms. The fourth-order valence-corrected chi connectivity index (χ4v) is 3.23. The number of amides is 1. The zero-order chi connectivity index (χ0) is 19.9. The van der Waals surface area contributed by atoms with Crippen molar-refractivity contribution in [3.05, 3.63) is 76.3 Å². The zero-order valence-corrected chi connectivity index (χ0v) is 16.1. The predicted molar refractivity (Wildman–Crippen MR) is 109 cm³/mol. The van der Waals surface area contributed by atoms with Gasteiger partial charge in [0.15, 0.2) is 5.06 Å². The van der Waals surface area contributed by atoms with Gasteiger partial charge in [0.1, 0.15) is 18.1 Å². The van der Waals surface area contributed by atoms with Crippen molar-refractivity contribution in [3.63, 3.8) is 0 Å². The molecule has 1 aromatic carbocycles. The Morgan fingerprint density at radius 3 is 2.71 bits per heavy atom. The van der Waals surface area contributed by atoms with Gasteiger partial charge in [-0.25, -0.2) is 4.98 Å². The van der Waals surface area contributed by atoms with Gasteiger partial charge in [-0.05, 0) is 36.8 Å². The Morgan fingerprint density at radius 2 is 2.00 bits per heavy atom. The van der Waals surface area contributed by atoms with Crippen LogP contribution < -0.4 is 15.8 Å². The molecule has 4 N–H and O–H groups in total. The van der Waals surface area contributed by atoms with Crippen molar-refractivity contribution in [3.8, 4) is 5.06 Å². The van der Waals surface area contributed by atoms with Crippen molar-refractivity contribution < 1.29 is 14.7 Å². The number of carbonyl (C=O) groups excluding carboxylic acids is 1.